The fourth-order valence-corrected chi connectivity index (χ4v) is 6.60. The molecule has 2 heterocycles. The number of amides is 3. The molecule has 1 fully saturated rings. The molecule has 230 valence electrons. The van der Waals surface area contributed by atoms with E-state index in [1.54, 1.807) is 27.7 Å². The molecule has 2 aliphatic rings. The largest absolute Gasteiger partial charge is 0.369 e. The summed E-state index contributed by atoms with van der Waals surface area (Å²) >= 11 is 0. The standard InChI is InChI=1S/C27H37N4O3PS.C4H9NO/c1-26(2,28)25(33)29-22(13-8-11-20-9-4-3-5-10-20)24(32)30-17-15-27(16-18-30)19-31(36(34)35)23-14-7-6-12-21(23)27;1-3(2)4(5)6/h3-7,9-10,12,14,22H,8,11,13,15-19,28,35H2,1-2H3,(H,29,33);3H,1-2H3,(H2,5,6)/t22-,36?;/m1./s1. The first-order valence-electron chi connectivity index (χ1n) is 14.5. The Morgan fingerprint density at radius 1 is 1.05 bits per heavy atom. The van der Waals surface area contributed by atoms with Gasteiger partial charge in [0.25, 0.3) is 0 Å². The number of nitrogens with two attached hydrogens (primary N) is 2. The van der Waals surface area contributed by atoms with Gasteiger partial charge in [-0.2, -0.15) is 0 Å². The van der Waals surface area contributed by atoms with E-state index in [1.165, 1.54) is 11.1 Å². The highest BCUT2D eigenvalue weighted by Gasteiger charge is 2.46. The van der Waals surface area contributed by atoms with Crippen LogP contribution in [0.5, 0.6) is 0 Å². The van der Waals surface area contributed by atoms with Crippen molar-refractivity contribution in [2.45, 2.75) is 76.8 Å². The molecule has 11 heteroatoms. The molecule has 2 unspecified atom stereocenters. The van der Waals surface area contributed by atoms with Gasteiger partial charge >= 0.3 is 0 Å². The minimum Gasteiger partial charge on any atom is -0.369 e. The number of piperidine rings is 1. The highest BCUT2D eigenvalue weighted by atomic mass is 32.7. The highest BCUT2D eigenvalue weighted by Crippen LogP contribution is 2.48. The Morgan fingerprint density at radius 3 is 2.17 bits per heavy atom. The van der Waals surface area contributed by atoms with Crippen LogP contribution in [0.2, 0.25) is 0 Å². The molecule has 3 amide bonds. The number of nitrogens with zero attached hydrogens (tertiary/aromatic N) is 2. The van der Waals surface area contributed by atoms with Crippen LogP contribution >= 0.6 is 8.44 Å². The first kappa shape index (κ1) is 33.7. The lowest BCUT2D eigenvalue weighted by atomic mass is 9.74. The molecule has 3 atom stereocenters. The summed E-state index contributed by atoms with van der Waals surface area (Å²) < 4.78 is 14.3. The molecule has 0 bridgehead atoms. The number of carbonyl (C=O) groups excluding carboxylic acids is 3. The quantitative estimate of drug-likeness (QED) is 0.372. The molecule has 4 rings (SSSR count). The number of fused-ring (bicyclic) bond motifs is 2. The van der Waals surface area contributed by atoms with Crippen molar-refractivity contribution in [1.82, 2.24) is 10.2 Å². The van der Waals surface area contributed by atoms with Gasteiger partial charge in [0.15, 0.2) is 0 Å². The lowest BCUT2D eigenvalue weighted by molar-refractivity contribution is -0.139. The van der Waals surface area contributed by atoms with Crippen molar-refractivity contribution < 1.29 is 18.6 Å². The number of hydrogen-bond donors (Lipinski definition) is 3. The molecule has 2 aliphatic heterocycles. The monoisotopic (exact) mass is 615 g/mol. The van der Waals surface area contributed by atoms with Crippen LogP contribution in [-0.4, -0.2) is 58.0 Å². The fourth-order valence-electron chi connectivity index (χ4n) is 5.30. The van der Waals surface area contributed by atoms with Crippen molar-refractivity contribution >= 4 is 42.5 Å². The maximum absolute atomic E-state index is 13.6. The minimum absolute atomic E-state index is 0.00926. The lowest BCUT2D eigenvalue weighted by Crippen LogP contribution is -2.58. The summed E-state index contributed by atoms with van der Waals surface area (Å²) in [5, 5.41) is 2.93. The van der Waals surface area contributed by atoms with E-state index in [0.717, 1.165) is 31.4 Å². The third kappa shape index (κ3) is 8.62. The number of carbonyl (C=O) groups is 3. The second kappa shape index (κ2) is 14.6. The molecule has 1 spiro atoms. The smallest absolute Gasteiger partial charge is 0.245 e. The topological polar surface area (TPSA) is 139 Å². The zero-order valence-corrected chi connectivity index (χ0v) is 27.1. The van der Waals surface area contributed by atoms with Gasteiger partial charge < -0.3 is 21.7 Å². The molecule has 5 N–H and O–H groups in total. The van der Waals surface area contributed by atoms with E-state index < -0.39 is 22.2 Å². The summed E-state index contributed by atoms with van der Waals surface area (Å²) in [5.74, 6) is -0.620. The van der Waals surface area contributed by atoms with Crippen molar-refractivity contribution in [3.8, 4) is 0 Å². The number of likely N-dealkylation sites (tertiary alicyclic amines) is 1. The van der Waals surface area contributed by atoms with Crippen molar-refractivity contribution in [2.24, 2.45) is 17.4 Å². The molecule has 42 heavy (non-hydrogen) atoms. The van der Waals surface area contributed by atoms with E-state index in [-0.39, 0.29) is 29.1 Å². The molecule has 1 saturated heterocycles. The molecule has 0 aliphatic carbocycles. The number of aryl methyl sites for hydroxylation is 1. The molecule has 2 aromatic carbocycles. The maximum atomic E-state index is 13.6. The van der Waals surface area contributed by atoms with Gasteiger partial charge in [-0.1, -0.05) is 62.4 Å². The molecule has 0 saturated carbocycles. The van der Waals surface area contributed by atoms with Crippen LogP contribution in [0.1, 0.15) is 64.5 Å². The molecular weight excluding hydrogens is 569 g/mol. The zero-order valence-electron chi connectivity index (χ0n) is 25.2. The van der Waals surface area contributed by atoms with E-state index >= 15 is 0 Å². The summed E-state index contributed by atoms with van der Waals surface area (Å²) in [4.78, 5) is 38.1. The summed E-state index contributed by atoms with van der Waals surface area (Å²) in [7, 11) is 1.21. The Labute approximate surface area is 254 Å². The summed E-state index contributed by atoms with van der Waals surface area (Å²) in [6.45, 7) is 8.71. The predicted molar refractivity (Wildman–Crippen MR) is 173 cm³/mol. The normalized spacial score (nSPS) is 17.2. The van der Waals surface area contributed by atoms with E-state index in [9.17, 15) is 18.6 Å². The van der Waals surface area contributed by atoms with Gasteiger partial charge in [-0.15, -0.1) is 0 Å². The number of hydrogen-bond acceptors (Lipinski definition) is 5. The Bertz CT molecular complexity index is 1260. The van der Waals surface area contributed by atoms with Gasteiger partial charge in [-0.3, -0.25) is 18.7 Å². The van der Waals surface area contributed by atoms with Crippen molar-refractivity contribution in [1.29, 1.82) is 0 Å². The van der Waals surface area contributed by atoms with Crippen molar-refractivity contribution in [3.63, 3.8) is 0 Å². The Hall–Kier alpha value is -2.81. The number of nitrogens with one attached hydrogen (secondary N) is 1. The summed E-state index contributed by atoms with van der Waals surface area (Å²) in [6.07, 6.45) is 3.77. The Kier molecular flexibility index (Phi) is 11.7. The van der Waals surface area contributed by atoms with Crippen molar-refractivity contribution in [3.05, 3.63) is 65.7 Å². The Morgan fingerprint density at radius 2 is 1.62 bits per heavy atom. The van der Waals surface area contributed by atoms with Gasteiger partial charge in [-0.05, 0) is 71.6 Å². The molecule has 0 aromatic heterocycles. The van der Waals surface area contributed by atoms with E-state index in [1.807, 2.05) is 45.6 Å². The minimum atomic E-state index is -1.18. The molecule has 9 nitrogen and oxygen atoms in total. The summed E-state index contributed by atoms with van der Waals surface area (Å²) in [5.41, 5.74) is 13.1. The predicted octanol–water partition coefficient (Wildman–Crippen LogP) is 3.19. The lowest BCUT2D eigenvalue weighted by Gasteiger charge is -2.41. The van der Waals surface area contributed by atoms with Crippen molar-refractivity contribution in [2.75, 3.05) is 23.9 Å². The van der Waals surface area contributed by atoms with Crippen LogP contribution < -0.4 is 21.1 Å². The first-order valence-corrected chi connectivity index (χ1v) is 17.1. The second-order valence-electron chi connectivity index (χ2n) is 12.1. The molecule has 2 aromatic rings. The Balaban J connectivity index is 0.000000730. The van der Waals surface area contributed by atoms with Crippen LogP contribution in [0.25, 0.3) is 0 Å². The number of benzene rings is 2. The second-order valence-corrected chi connectivity index (χ2v) is 14.3. The molecule has 0 radical (unpaired) electrons. The number of primary amides is 1. The van der Waals surface area contributed by atoms with Gasteiger partial charge in [0.2, 0.25) is 17.7 Å². The SMILES string of the molecule is CC(C)(N)C(=O)N[C@H](CCCc1ccccc1)C(=O)N1CCC2(CC1)CN(S(=O)P)c1ccccc12.CC(C)C(N)=O. The van der Waals surface area contributed by atoms with E-state index in [4.69, 9.17) is 11.5 Å². The maximum Gasteiger partial charge on any atom is 0.245 e. The van der Waals surface area contributed by atoms with Gasteiger partial charge in [0.1, 0.15) is 16.6 Å². The van der Waals surface area contributed by atoms with Gasteiger partial charge in [-0.25, -0.2) is 4.21 Å². The van der Waals surface area contributed by atoms with Crippen LogP contribution in [-0.2, 0) is 36.8 Å². The average molecular weight is 616 g/mol. The highest BCUT2D eigenvalue weighted by molar-refractivity contribution is 8.34. The summed E-state index contributed by atoms with van der Waals surface area (Å²) in [6, 6.07) is 17.7. The molecular formula is C31H46N5O4PS. The van der Waals surface area contributed by atoms with Gasteiger partial charge in [0.05, 0.1) is 11.2 Å². The van der Waals surface area contributed by atoms with Crippen LogP contribution in [0.3, 0.4) is 0 Å². The number of anilines is 1. The third-order valence-corrected chi connectivity index (χ3v) is 9.52. The first-order chi connectivity index (χ1) is 19.7. The average Bonchev–Trinajstić information content (AvgIpc) is 3.27. The fraction of sp³-hybridized carbons (Fsp3) is 0.516. The van der Waals surface area contributed by atoms with E-state index in [0.29, 0.717) is 26.1 Å². The third-order valence-electron chi connectivity index (χ3n) is 8.00. The van der Waals surface area contributed by atoms with Crippen LogP contribution in [0.15, 0.2) is 54.6 Å². The number of rotatable bonds is 9. The van der Waals surface area contributed by atoms with Gasteiger partial charge in [0, 0.05) is 31.0 Å². The van der Waals surface area contributed by atoms with E-state index in [2.05, 4.69) is 32.0 Å². The van der Waals surface area contributed by atoms with Crippen LogP contribution in [0, 0.1) is 5.92 Å². The number of para-hydroxylation sites is 1. The zero-order chi connectivity index (χ0) is 31.1. The van der Waals surface area contributed by atoms with Crippen LogP contribution in [0.4, 0.5) is 5.69 Å².